The van der Waals surface area contributed by atoms with E-state index < -0.39 is 0 Å². The number of halogens is 1. The van der Waals surface area contributed by atoms with Gasteiger partial charge in [0.05, 0.1) is 6.61 Å². The van der Waals surface area contributed by atoms with Crippen molar-refractivity contribution in [1.29, 1.82) is 0 Å². The van der Waals surface area contributed by atoms with Crippen LogP contribution in [0.4, 0.5) is 5.69 Å². The number of hydrogen-bond acceptors (Lipinski definition) is 4. The standard InChI is InChI=1S/C14H15NO3.ClH/c15-11-3-6-14(17)13(9-11)10-1-4-12(5-2-10)18-8-7-16;/h1-6,9,16-17H,7-8,15H2;1H. The van der Waals surface area contributed by atoms with Crippen molar-refractivity contribution >= 4 is 18.1 Å². The fraction of sp³-hybridized carbons (Fsp3) is 0.143. The average Bonchev–Trinajstić information content (AvgIpc) is 2.40. The van der Waals surface area contributed by atoms with Crippen molar-refractivity contribution in [3.8, 4) is 22.6 Å². The lowest BCUT2D eigenvalue weighted by molar-refractivity contribution is 0.201. The quantitative estimate of drug-likeness (QED) is 0.594. The van der Waals surface area contributed by atoms with Gasteiger partial charge in [-0.2, -0.15) is 0 Å². The maximum Gasteiger partial charge on any atom is 0.123 e. The normalized spacial score (nSPS) is 9.74. The number of phenols is 1. The Balaban J connectivity index is 0.00000180. The second kappa shape index (κ2) is 6.87. The lowest BCUT2D eigenvalue weighted by Gasteiger charge is -2.08. The van der Waals surface area contributed by atoms with Crippen LogP contribution >= 0.6 is 12.4 Å². The summed E-state index contributed by atoms with van der Waals surface area (Å²) in [5, 5.41) is 18.4. The SMILES string of the molecule is Cl.Nc1ccc(O)c(-c2ccc(OCCO)cc2)c1. The number of benzene rings is 2. The van der Waals surface area contributed by atoms with Crippen molar-refractivity contribution in [2.24, 2.45) is 0 Å². The van der Waals surface area contributed by atoms with E-state index in [0.29, 0.717) is 17.0 Å². The molecule has 0 saturated carbocycles. The summed E-state index contributed by atoms with van der Waals surface area (Å²) in [6.07, 6.45) is 0. The van der Waals surface area contributed by atoms with Gasteiger partial charge in [-0.1, -0.05) is 12.1 Å². The van der Waals surface area contributed by atoms with E-state index in [2.05, 4.69) is 0 Å². The van der Waals surface area contributed by atoms with Crippen molar-refractivity contribution in [2.45, 2.75) is 0 Å². The third-order valence-corrected chi connectivity index (χ3v) is 2.55. The third-order valence-electron chi connectivity index (χ3n) is 2.55. The monoisotopic (exact) mass is 281 g/mol. The lowest BCUT2D eigenvalue weighted by atomic mass is 10.0. The van der Waals surface area contributed by atoms with Crippen molar-refractivity contribution in [3.63, 3.8) is 0 Å². The van der Waals surface area contributed by atoms with Crippen molar-refractivity contribution in [3.05, 3.63) is 42.5 Å². The topological polar surface area (TPSA) is 75.7 Å². The number of anilines is 1. The molecule has 4 nitrogen and oxygen atoms in total. The fourth-order valence-electron chi connectivity index (χ4n) is 1.68. The van der Waals surface area contributed by atoms with Crippen LogP contribution in [0, 0.1) is 0 Å². The van der Waals surface area contributed by atoms with Gasteiger partial charge in [0, 0.05) is 11.3 Å². The van der Waals surface area contributed by atoms with Crippen LogP contribution in [0.3, 0.4) is 0 Å². The number of hydrogen-bond donors (Lipinski definition) is 3. The van der Waals surface area contributed by atoms with Crippen LogP contribution in [0.15, 0.2) is 42.5 Å². The Bertz CT molecular complexity index is 529. The molecule has 0 saturated heterocycles. The molecular formula is C14H16ClNO3. The van der Waals surface area contributed by atoms with Crippen molar-refractivity contribution < 1.29 is 14.9 Å². The Morgan fingerprint density at radius 3 is 2.37 bits per heavy atom. The zero-order valence-corrected chi connectivity index (χ0v) is 11.1. The molecule has 5 heteroatoms. The smallest absolute Gasteiger partial charge is 0.123 e. The largest absolute Gasteiger partial charge is 0.507 e. The molecule has 2 rings (SSSR count). The summed E-state index contributed by atoms with van der Waals surface area (Å²) in [5.41, 5.74) is 7.84. The average molecular weight is 282 g/mol. The number of rotatable bonds is 4. The minimum absolute atomic E-state index is 0. The van der Waals surface area contributed by atoms with E-state index >= 15 is 0 Å². The summed E-state index contributed by atoms with van der Waals surface area (Å²) in [4.78, 5) is 0. The molecule has 0 unspecified atom stereocenters. The van der Waals surface area contributed by atoms with Gasteiger partial charge in [-0.25, -0.2) is 0 Å². The van der Waals surface area contributed by atoms with Crippen LogP contribution in [0.5, 0.6) is 11.5 Å². The van der Waals surface area contributed by atoms with E-state index in [4.69, 9.17) is 15.6 Å². The first-order chi connectivity index (χ1) is 8.70. The molecule has 0 fully saturated rings. The molecule has 0 aromatic heterocycles. The molecule has 0 aliphatic carbocycles. The van der Waals surface area contributed by atoms with Crippen LogP contribution in [-0.4, -0.2) is 23.4 Å². The van der Waals surface area contributed by atoms with Gasteiger partial charge in [-0.05, 0) is 35.9 Å². The van der Waals surface area contributed by atoms with Crippen LogP contribution in [0.2, 0.25) is 0 Å². The second-order valence-electron chi connectivity index (χ2n) is 3.87. The molecule has 2 aromatic rings. The molecule has 0 radical (unpaired) electrons. The second-order valence-corrected chi connectivity index (χ2v) is 3.87. The van der Waals surface area contributed by atoms with Crippen molar-refractivity contribution in [1.82, 2.24) is 0 Å². The maximum atomic E-state index is 9.78. The van der Waals surface area contributed by atoms with E-state index in [-0.39, 0.29) is 31.4 Å². The summed E-state index contributed by atoms with van der Waals surface area (Å²) in [7, 11) is 0. The minimum atomic E-state index is -0.0161. The highest BCUT2D eigenvalue weighted by Crippen LogP contribution is 2.31. The summed E-state index contributed by atoms with van der Waals surface area (Å²) in [6.45, 7) is 0.251. The highest BCUT2D eigenvalue weighted by atomic mass is 35.5. The van der Waals surface area contributed by atoms with Gasteiger partial charge in [-0.15, -0.1) is 12.4 Å². The summed E-state index contributed by atoms with van der Waals surface area (Å²) >= 11 is 0. The van der Waals surface area contributed by atoms with E-state index in [0.717, 1.165) is 5.56 Å². The van der Waals surface area contributed by atoms with Gasteiger partial charge < -0.3 is 20.7 Å². The number of nitrogen functional groups attached to an aromatic ring is 1. The molecule has 102 valence electrons. The zero-order chi connectivity index (χ0) is 13.0. The Hall–Kier alpha value is -1.91. The molecule has 0 bridgehead atoms. The number of aliphatic hydroxyl groups excluding tert-OH is 1. The highest BCUT2D eigenvalue weighted by Gasteiger charge is 2.05. The van der Waals surface area contributed by atoms with Crippen LogP contribution in [0.25, 0.3) is 11.1 Å². The van der Waals surface area contributed by atoms with Crippen LogP contribution < -0.4 is 10.5 Å². The molecular weight excluding hydrogens is 266 g/mol. The summed E-state index contributed by atoms with van der Waals surface area (Å²) in [6, 6.07) is 12.2. The van der Waals surface area contributed by atoms with E-state index in [9.17, 15) is 5.11 Å². The Morgan fingerprint density at radius 2 is 1.74 bits per heavy atom. The highest BCUT2D eigenvalue weighted by molar-refractivity contribution is 5.85. The first kappa shape index (κ1) is 15.1. The molecule has 0 spiro atoms. The molecule has 0 amide bonds. The Morgan fingerprint density at radius 1 is 1.05 bits per heavy atom. The Labute approximate surface area is 117 Å². The first-order valence-electron chi connectivity index (χ1n) is 5.63. The number of aliphatic hydroxyl groups is 1. The van der Waals surface area contributed by atoms with Crippen LogP contribution in [0.1, 0.15) is 0 Å². The summed E-state index contributed by atoms with van der Waals surface area (Å²) < 4.78 is 5.26. The molecule has 0 aliphatic rings. The van der Waals surface area contributed by atoms with E-state index in [1.807, 2.05) is 12.1 Å². The van der Waals surface area contributed by atoms with Gasteiger partial charge in [0.1, 0.15) is 18.1 Å². The van der Waals surface area contributed by atoms with Gasteiger partial charge in [0.2, 0.25) is 0 Å². The fourth-order valence-corrected chi connectivity index (χ4v) is 1.68. The number of aromatic hydroxyl groups is 1. The lowest BCUT2D eigenvalue weighted by Crippen LogP contribution is -2.01. The van der Waals surface area contributed by atoms with Crippen LogP contribution in [-0.2, 0) is 0 Å². The van der Waals surface area contributed by atoms with E-state index in [1.165, 1.54) is 0 Å². The first-order valence-corrected chi connectivity index (χ1v) is 5.63. The minimum Gasteiger partial charge on any atom is -0.507 e. The molecule has 0 aliphatic heterocycles. The van der Waals surface area contributed by atoms with Gasteiger partial charge in [-0.3, -0.25) is 0 Å². The molecule has 0 atom stereocenters. The van der Waals surface area contributed by atoms with Crippen molar-refractivity contribution in [2.75, 3.05) is 18.9 Å². The summed E-state index contributed by atoms with van der Waals surface area (Å²) in [5.74, 6) is 0.865. The predicted molar refractivity (Wildman–Crippen MR) is 77.8 cm³/mol. The molecule has 4 N–H and O–H groups in total. The number of ether oxygens (including phenoxy) is 1. The third kappa shape index (κ3) is 3.77. The number of phenolic OH excluding ortho intramolecular Hbond substituents is 1. The predicted octanol–water partition coefficient (Wildman–Crippen LogP) is 2.43. The zero-order valence-electron chi connectivity index (χ0n) is 10.2. The molecule has 19 heavy (non-hydrogen) atoms. The van der Waals surface area contributed by atoms with Gasteiger partial charge >= 0.3 is 0 Å². The van der Waals surface area contributed by atoms with E-state index in [1.54, 1.807) is 30.3 Å². The number of nitrogens with two attached hydrogens (primary N) is 1. The maximum absolute atomic E-state index is 9.78. The molecule has 2 aromatic carbocycles. The van der Waals surface area contributed by atoms with Gasteiger partial charge in [0.25, 0.3) is 0 Å². The Kier molecular flexibility index (Phi) is 5.48. The van der Waals surface area contributed by atoms with Gasteiger partial charge in [0.15, 0.2) is 0 Å². The molecule has 0 heterocycles.